The fourth-order valence-electron chi connectivity index (χ4n) is 1.89. The van der Waals surface area contributed by atoms with Gasteiger partial charge in [-0.15, -0.1) is 11.8 Å². The smallest absolute Gasteiger partial charge is 0.261 e. The number of thioether (sulfide) groups is 1. The van der Waals surface area contributed by atoms with Crippen molar-refractivity contribution in [2.24, 2.45) is 5.92 Å². The zero-order chi connectivity index (χ0) is 16.8. The van der Waals surface area contributed by atoms with Crippen LogP contribution in [0.3, 0.4) is 0 Å². The topological polar surface area (TPSA) is 85.8 Å². The number of nitrogens with zero attached hydrogens (tertiary/aromatic N) is 1. The highest BCUT2D eigenvalue weighted by Gasteiger charge is 2.13. The number of carbonyl (C=O) groups is 1. The average molecular weight is 327 g/mol. The molecule has 1 atom stereocenters. The number of hydrogen-bond acceptors (Lipinski definition) is 4. The molecule has 0 bridgehead atoms. The first kappa shape index (κ1) is 16.8. The lowest BCUT2D eigenvalue weighted by atomic mass is 10.2. The Labute approximate surface area is 138 Å². The second-order valence-electron chi connectivity index (χ2n) is 5.18. The van der Waals surface area contributed by atoms with E-state index >= 15 is 0 Å². The molecular formula is C17H17N3O2S. The van der Waals surface area contributed by atoms with Gasteiger partial charge in [-0.25, -0.2) is 0 Å². The molecule has 1 heterocycles. The maximum Gasteiger partial charge on any atom is 0.261 e. The monoisotopic (exact) mass is 327 g/mol. The number of aromatic amines is 1. The quantitative estimate of drug-likeness (QED) is 0.826. The van der Waals surface area contributed by atoms with Crippen LogP contribution in [0.15, 0.2) is 46.1 Å². The summed E-state index contributed by atoms with van der Waals surface area (Å²) in [5.41, 5.74) is 0.993. The third-order valence-corrected chi connectivity index (χ3v) is 4.48. The van der Waals surface area contributed by atoms with Crippen LogP contribution in [0.2, 0.25) is 0 Å². The van der Waals surface area contributed by atoms with Crippen molar-refractivity contribution >= 4 is 23.4 Å². The van der Waals surface area contributed by atoms with Crippen LogP contribution >= 0.6 is 11.8 Å². The van der Waals surface area contributed by atoms with Gasteiger partial charge >= 0.3 is 0 Å². The van der Waals surface area contributed by atoms with Crippen LogP contribution in [-0.2, 0) is 0 Å². The van der Waals surface area contributed by atoms with E-state index in [1.54, 1.807) is 19.1 Å². The fourth-order valence-corrected chi connectivity index (χ4v) is 2.84. The standard InChI is InChI=1S/C17H17N3O2S/c1-11(9-18)10-23-15-6-4-3-5-14(15)20-17(22)13-8-7-12(2)19-16(13)21/h3-8,11H,10H2,1-2H3,(H,19,21)(H,20,22)/t11-/m1/s1. The van der Waals surface area contributed by atoms with Gasteiger partial charge in [0.15, 0.2) is 0 Å². The average Bonchev–Trinajstić information content (AvgIpc) is 2.53. The predicted molar refractivity (Wildman–Crippen MR) is 91.7 cm³/mol. The van der Waals surface area contributed by atoms with Gasteiger partial charge in [0.1, 0.15) is 5.56 Å². The van der Waals surface area contributed by atoms with Crippen LogP contribution < -0.4 is 10.9 Å². The Morgan fingerprint density at radius 2 is 2.09 bits per heavy atom. The van der Waals surface area contributed by atoms with Crippen LogP contribution in [0.1, 0.15) is 23.0 Å². The van der Waals surface area contributed by atoms with E-state index in [0.717, 1.165) is 4.90 Å². The summed E-state index contributed by atoms with van der Waals surface area (Å²) < 4.78 is 0. The molecule has 0 fully saturated rings. The number of hydrogen-bond donors (Lipinski definition) is 2. The highest BCUT2D eigenvalue weighted by atomic mass is 32.2. The normalized spacial score (nSPS) is 11.5. The third kappa shape index (κ3) is 4.47. The number of nitrogens with one attached hydrogen (secondary N) is 2. The molecule has 0 radical (unpaired) electrons. The molecule has 2 N–H and O–H groups in total. The van der Waals surface area contributed by atoms with Gasteiger partial charge in [-0.2, -0.15) is 5.26 Å². The highest BCUT2D eigenvalue weighted by Crippen LogP contribution is 2.28. The van der Waals surface area contributed by atoms with E-state index in [-0.39, 0.29) is 11.5 Å². The Morgan fingerprint density at radius 1 is 1.35 bits per heavy atom. The largest absolute Gasteiger partial charge is 0.326 e. The van der Waals surface area contributed by atoms with E-state index < -0.39 is 11.5 Å². The third-order valence-electron chi connectivity index (χ3n) is 3.14. The van der Waals surface area contributed by atoms with Gasteiger partial charge in [0.25, 0.3) is 11.5 Å². The van der Waals surface area contributed by atoms with Crippen molar-refractivity contribution in [1.82, 2.24) is 4.98 Å². The number of anilines is 1. The molecule has 2 aromatic rings. The summed E-state index contributed by atoms with van der Waals surface area (Å²) in [7, 11) is 0. The number of aromatic nitrogens is 1. The zero-order valence-electron chi connectivity index (χ0n) is 12.9. The van der Waals surface area contributed by atoms with Crippen molar-refractivity contribution in [3.63, 3.8) is 0 Å². The molecule has 5 nitrogen and oxygen atoms in total. The number of para-hydroxylation sites is 1. The zero-order valence-corrected chi connectivity index (χ0v) is 13.7. The summed E-state index contributed by atoms with van der Waals surface area (Å²) in [5, 5.41) is 11.6. The molecule has 1 amide bonds. The summed E-state index contributed by atoms with van der Waals surface area (Å²) in [4.78, 5) is 27.6. The maximum absolute atomic E-state index is 12.3. The predicted octanol–water partition coefficient (Wildman–Crippen LogP) is 3.19. The Bertz CT molecular complexity index is 808. The van der Waals surface area contributed by atoms with Gasteiger partial charge in [-0.3, -0.25) is 9.59 Å². The minimum Gasteiger partial charge on any atom is -0.326 e. The Hall–Kier alpha value is -2.52. The van der Waals surface area contributed by atoms with Crippen molar-refractivity contribution in [1.29, 1.82) is 5.26 Å². The molecule has 1 aromatic heterocycles. The van der Waals surface area contributed by atoms with Crippen LogP contribution in [0, 0.1) is 24.2 Å². The molecule has 0 saturated heterocycles. The Balaban J connectivity index is 2.18. The second kappa shape index (κ2) is 7.65. The number of pyridine rings is 1. The van der Waals surface area contributed by atoms with Crippen LogP contribution in [0.4, 0.5) is 5.69 Å². The van der Waals surface area contributed by atoms with E-state index in [9.17, 15) is 9.59 Å². The molecule has 1 aromatic carbocycles. The molecule has 0 aliphatic rings. The number of H-pyrrole nitrogens is 1. The Morgan fingerprint density at radius 3 is 2.78 bits per heavy atom. The molecule has 0 unspecified atom stereocenters. The molecule has 23 heavy (non-hydrogen) atoms. The minimum absolute atomic E-state index is 0.0702. The molecule has 118 valence electrons. The molecule has 6 heteroatoms. The first-order valence-corrected chi connectivity index (χ1v) is 8.12. The van der Waals surface area contributed by atoms with E-state index in [0.29, 0.717) is 17.1 Å². The molecule has 0 aliphatic heterocycles. The lowest BCUT2D eigenvalue weighted by Gasteiger charge is -2.11. The molecule has 0 aliphatic carbocycles. The second-order valence-corrected chi connectivity index (χ2v) is 6.24. The van der Waals surface area contributed by atoms with Gasteiger partial charge < -0.3 is 10.3 Å². The Kier molecular flexibility index (Phi) is 5.61. The van der Waals surface area contributed by atoms with Crippen LogP contribution in [0.5, 0.6) is 0 Å². The summed E-state index contributed by atoms with van der Waals surface area (Å²) in [6, 6.07) is 12.7. The van der Waals surface area contributed by atoms with Crippen molar-refractivity contribution < 1.29 is 4.79 Å². The minimum atomic E-state index is -0.451. The van der Waals surface area contributed by atoms with Crippen molar-refractivity contribution in [3.05, 3.63) is 58.0 Å². The van der Waals surface area contributed by atoms with Crippen molar-refractivity contribution in [2.75, 3.05) is 11.1 Å². The molecule has 0 spiro atoms. The van der Waals surface area contributed by atoms with E-state index in [1.165, 1.54) is 17.8 Å². The summed E-state index contributed by atoms with van der Waals surface area (Å²) in [6.45, 7) is 3.60. The maximum atomic E-state index is 12.3. The SMILES string of the molecule is Cc1ccc(C(=O)Nc2ccccc2SC[C@H](C)C#N)c(=O)[nH]1. The lowest BCUT2D eigenvalue weighted by molar-refractivity contribution is 0.102. The van der Waals surface area contributed by atoms with E-state index in [4.69, 9.17) is 5.26 Å². The van der Waals surface area contributed by atoms with Crippen LogP contribution in [-0.4, -0.2) is 16.6 Å². The molecule has 0 saturated carbocycles. The van der Waals surface area contributed by atoms with Gasteiger partial charge in [0.05, 0.1) is 17.7 Å². The first-order chi connectivity index (χ1) is 11.0. The molecular weight excluding hydrogens is 310 g/mol. The lowest BCUT2D eigenvalue weighted by Crippen LogP contribution is -2.23. The number of aryl methyl sites for hydroxylation is 1. The van der Waals surface area contributed by atoms with Gasteiger partial charge in [-0.05, 0) is 38.1 Å². The highest BCUT2D eigenvalue weighted by molar-refractivity contribution is 7.99. The van der Waals surface area contributed by atoms with Gasteiger partial charge in [0.2, 0.25) is 0 Å². The molecule has 2 rings (SSSR count). The first-order valence-electron chi connectivity index (χ1n) is 7.14. The van der Waals surface area contributed by atoms with Crippen molar-refractivity contribution in [3.8, 4) is 6.07 Å². The number of carbonyl (C=O) groups excluding carboxylic acids is 1. The number of nitriles is 1. The summed E-state index contributed by atoms with van der Waals surface area (Å²) >= 11 is 1.50. The number of amides is 1. The van der Waals surface area contributed by atoms with Crippen LogP contribution in [0.25, 0.3) is 0 Å². The van der Waals surface area contributed by atoms with E-state index in [1.807, 2.05) is 25.1 Å². The van der Waals surface area contributed by atoms with Gasteiger partial charge in [-0.1, -0.05) is 12.1 Å². The summed E-state index contributed by atoms with van der Waals surface area (Å²) in [5.74, 6) is 0.102. The number of rotatable bonds is 5. The summed E-state index contributed by atoms with van der Waals surface area (Å²) in [6.07, 6.45) is 0. The number of benzene rings is 1. The van der Waals surface area contributed by atoms with E-state index in [2.05, 4.69) is 16.4 Å². The van der Waals surface area contributed by atoms with Crippen molar-refractivity contribution in [2.45, 2.75) is 18.7 Å². The van der Waals surface area contributed by atoms with Gasteiger partial charge in [0, 0.05) is 16.3 Å². The fraction of sp³-hybridized carbons (Fsp3) is 0.235.